The Labute approximate surface area is 112 Å². The van der Waals surface area contributed by atoms with Gasteiger partial charge in [-0.05, 0) is 19.1 Å². The molecule has 0 amide bonds. The average molecular weight is 285 g/mol. The molecular weight excluding hydrogens is 274 g/mol. The van der Waals surface area contributed by atoms with Gasteiger partial charge in [-0.2, -0.15) is 0 Å². The van der Waals surface area contributed by atoms with Gasteiger partial charge in [-0.25, -0.2) is 22.5 Å². The first-order valence-corrected chi connectivity index (χ1v) is 5.84. The largest absolute Gasteiger partial charge is 0.368 e. The summed E-state index contributed by atoms with van der Waals surface area (Å²) in [5.41, 5.74) is -0.287. The van der Waals surface area contributed by atoms with Gasteiger partial charge in [0.25, 0.3) is 0 Å². The first kappa shape index (κ1) is 14.1. The summed E-state index contributed by atoms with van der Waals surface area (Å²) in [7, 11) is 0. The molecule has 1 heterocycles. The van der Waals surface area contributed by atoms with Gasteiger partial charge in [0.2, 0.25) is 0 Å². The van der Waals surface area contributed by atoms with Crippen molar-refractivity contribution in [3.8, 4) is 0 Å². The average Bonchev–Trinajstić information content (AvgIpc) is 2.40. The van der Waals surface area contributed by atoms with Crippen LogP contribution in [0.3, 0.4) is 0 Å². The van der Waals surface area contributed by atoms with Gasteiger partial charge in [-0.3, -0.25) is 0 Å². The summed E-state index contributed by atoms with van der Waals surface area (Å²) in [5.74, 6) is -4.69. The van der Waals surface area contributed by atoms with Crippen molar-refractivity contribution in [2.24, 2.45) is 0 Å². The minimum Gasteiger partial charge on any atom is -0.368 e. The maximum absolute atomic E-state index is 13.6. The van der Waals surface area contributed by atoms with Crippen molar-refractivity contribution < 1.29 is 17.6 Å². The van der Waals surface area contributed by atoms with Gasteiger partial charge in [-0.1, -0.05) is 6.07 Å². The molecule has 0 atom stereocenters. The monoisotopic (exact) mass is 285 g/mol. The second-order valence-corrected chi connectivity index (χ2v) is 3.91. The van der Waals surface area contributed by atoms with Crippen LogP contribution >= 0.6 is 0 Å². The molecule has 20 heavy (non-hydrogen) atoms. The Hall–Kier alpha value is -2.31. The molecule has 0 spiro atoms. The number of hydrogen-bond acceptors (Lipinski definition) is 3. The van der Waals surface area contributed by atoms with Gasteiger partial charge in [-0.15, -0.1) is 0 Å². The fourth-order valence-electron chi connectivity index (χ4n) is 1.57. The third-order valence-corrected chi connectivity index (χ3v) is 2.48. The minimum atomic E-state index is -1.16. The lowest BCUT2D eigenvalue weighted by Gasteiger charge is -2.11. The van der Waals surface area contributed by atoms with Crippen molar-refractivity contribution in [1.82, 2.24) is 4.98 Å². The normalized spacial score (nSPS) is 10.4. The van der Waals surface area contributed by atoms with E-state index in [1.807, 2.05) is 0 Å². The number of pyridine rings is 1. The summed E-state index contributed by atoms with van der Waals surface area (Å²) < 4.78 is 53.5. The number of anilines is 3. The van der Waals surface area contributed by atoms with Crippen LogP contribution in [0.15, 0.2) is 24.3 Å². The van der Waals surface area contributed by atoms with Crippen molar-refractivity contribution in [1.29, 1.82) is 0 Å². The molecule has 1 aromatic carbocycles. The van der Waals surface area contributed by atoms with Crippen LogP contribution in [0.4, 0.5) is 34.9 Å². The van der Waals surface area contributed by atoms with Crippen molar-refractivity contribution >= 4 is 17.3 Å². The van der Waals surface area contributed by atoms with E-state index < -0.39 is 29.1 Å². The zero-order valence-corrected chi connectivity index (χ0v) is 10.5. The van der Waals surface area contributed by atoms with E-state index in [-0.39, 0.29) is 11.5 Å². The lowest BCUT2D eigenvalue weighted by molar-refractivity contribution is 0.511. The van der Waals surface area contributed by atoms with Crippen molar-refractivity contribution in [2.45, 2.75) is 6.92 Å². The Kier molecular flexibility index (Phi) is 4.07. The van der Waals surface area contributed by atoms with Gasteiger partial charge in [0.1, 0.15) is 0 Å². The van der Waals surface area contributed by atoms with Crippen LogP contribution in [0.5, 0.6) is 0 Å². The molecule has 0 aliphatic heterocycles. The lowest BCUT2D eigenvalue weighted by Crippen LogP contribution is -2.07. The highest BCUT2D eigenvalue weighted by Crippen LogP contribution is 2.25. The topological polar surface area (TPSA) is 37.0 Å². The highest BCUT2D eigenvalue weighted by molar-refractivity contribution is 5.59. The summed E-state index contributed by atoms with van der Waals surface area (Å²) in [6, 6.07) is 4.02. The summed E-state index contributed by atoms with van der Waals surface area (Å²) in [6.45, 7) is 2.09. The Morgan fingerprint density at radius 2 is 1.70 bits per heavy atom. The standard InChI is InChI=1S/C13H11F4N3/c1-2-18-12-8(15)6-9(16)13(20-12)19-10-5-3-4-7(14)11(10)17/h3-6H,2H2,1H3,(H2,18,19,20). The van der Waals surface area contributed by atoms with E-state index >= 15 is 0 Å². The number of hydrogen-bond donors (Lipinski definition) is 2. The van der Waals surface area contributed by atoms with E-state index in [1.54, 1.807) is 6.92 Å². The maximum Gasteiger partial charge on any atom is 0.182 e. The quantitative estimate of drug-likeness (QED) is 0.839. The summed E-state index contributed by atoms with van der Waals surface area (Å²) in [4.78, 5) is 3.67. The fraction of sp³-hybridized carbons (Fsp3) is 0.154. The highest BCUT2D eigenvalue weighted by Gasteiger charge is 2.14. The van der Waals surface area contributed by atoms with Crippen LogP contribution in [-0.4, -0.2) is 11.5 Å². The van der Waals surface area contributed by atoms with Crippen LogP contribution in [0, 0.1) is 23.3 Å². The molecule has 0 fully saturated rings. The Bertz CT molecular complexity index is 631. The lowest BCUT2D eigenvalue weighted by atomic mass is 10.3. The van der Waals surface area contributed by atoms with Gasteiger partial charge >= 0.3 is 0 Å². The molecule has 106 valence electrons. The Morgan fingerprint density at radius 1 is 1.00 bits per heavy atom. The third kappa shape index (κ3) is 2.81. The number of nitrogens with zero attached hydrogens (tertiary/aromatic N) is 1. The number of rotatable bonds is 4. The van der Waals surface area contributed by atoms with Crippen molar-refractivity contribution in [3.63, 3.8) is 0 Å². The molecule has 1 aromatic heterocycles. The molecule has 0 bridgehead atoms. The summed E-state index contributed by atoms with van der Waals surface area (Å²) in [6.07, 6.45) is 0. The van der Waals surface area contributed by atoms with Gasteiger partial charge < -0.3 is 10.6 Å². The Balaban J connectivity index is 2.38. The van der Waals surface area contributed by atoms with E-state index in [9.17, 15) is 17.6 Å². The van der Waals surface area contributed by atoms with Crippen LogP contribution in [0.1, 0.15) is 6.92 Å². The van der Waals surface area contributed by atoms with E-state index in [1.165, 1.54) is 12.1 Å². The summed E-state index contributed by atoms with van der Waals surface area (Å²) >= 11 is 0. The fourth-order valence-corrected chi connectivity index (χ4v) is 1.57. The molecule has 0 saturated heterocycles. The molecule has 2 rings (SSSR count). The minimum absolute atomic E-state index is 0.173. The molecule has 0 unspecified atom stereocenters. The molecule has 7 heteroatoms. The van der Waals surface area contributed by atoms with Crippen LogP contribution in [0.2, 0.25) is 0 Å². The zero-order valence-electron chi connectivity index (χ0n) is 10.5. The van der Waals surface area contributed by atoms with Gasteiger partial charge in [0.15, 0.2) is 34.9 Å². The molecule has 0 saturated carbocycles. The molecule has 3 nitrogen and oxygen atoms in total. The number of halogens is 4. The molecule has 0 radical (unpaired) electrons. The summed E-state index contributed by atoms with van der Waals surface area (Å²) in [5, 5.41) is 4.89. The molecular formula is C13H11F4N3. The van der Waals surface area contributed by atoms with Crippen LogP contribution in [-0.2, 0) is 0 Å². The third-order valence-electron chi connectivity index (χ3n) is 2.48. The highest BCUT2D eigenvalue weighted by atomic mass is 19.2. The second-order valence-electron chi connectivity index (χ2n) is 3.91. The molecule has 2 N–H and O–H groups in total. The van der Waals surface area contributed by atoms with Crippen molar-refractivity contribution in [2.75, 3.05) is 17.2 Å². The number of nitrogens with one attached hydrogen (secondary N) is 2. The van der Waals surface area contributed by atoms with E-state index in [0.29, 0.717) is 12.6 Å². The maximum atomic E-state index is 13.6. The SMILES string of the molecule is CCNc1nc(Nc2cccc(F)c2F)c(F)cc1F. The van der Waals surface area contributed by atoms with Crippen LogP contribution < -0.4 is 10.6 Å². The molecule has 0 aliphatic rings. The second kappa shape index (κ2) is 5.77. The predicted octanol–water partition coefficient (Wildman–Crippen LogP) is 3.81. The predicted molar refractivity (Wildman–Crippen MR) is 68.0 cm³/mol. The van der Waals surface area contributed by atoms with Gasteiger partial charge in [0, 0.05) is 12.6 Å². The molecule has 2 aromatic rings. The smallest absolute Gasteiger partial charge is 0.182 e. The van der Waals surface area contributed by atoms with Gasteiger partial charge in [0.05, 0.1) is 5.69 Å². The number of aromatic nitrogens is 1. The number of benzene rings is 1. The van der Waals surface area contributed by atoms with Crippen molar-refractivity contribution in [3.05, 3.63) is 47.5 Å². The first-order valence-electron chi connectivity index (χ1n) is 5.84. The van der Waals surface area contributed by atoms with E-state index in [4.69, 9.17) is 0 Å². The van der Waals surface area contributed by atoms with E-state index in [0.717, 1.165) is 6.07 Å². The molecule has 0 aliphatic carbocycles. The zero-order chi connectivity index (χ0) is 14.7. The van der Waals surface area contributed by atoms with Crippen LogP contribution in [0.25, 0.3) is 0 Å². The Morgan fingerprint density at radius 3 is 2.40 bits per heavy atom. The van der Waals surface area contributed by atoms with E-state index in [2.05, 4.69) is 15.6 Å². The first-order chi connectivity index (χ1) is 9.52.